The van der Waals surface area contributed by atoms with Gasteiger partial charge in [0, 0.05) is 24.2 Å². The van der Waals surface area contributed by atoms with E-state index in [4.69, 9.17) is 9.47 Å². The van der Waals surface area contributed by atoms with Crippen LogP contribution in [0.5, 0.6) is 0 Å². The molecule has 0 spiro atoms. The molecule has 5 heteroatoms. The van der Waals surface area contributed by atoms with E-state index >= 15 is 0 Å². The second-order valence-corrected chi connectivity index (χ2v) is 10.2. The van der Waals surface area contributed by atoms with Gasteiger partial charge >= 0.3 is 11.9 Å². The Kier molecular flexibility index (Phi) is 7.24. The quantitative estimate of drug-likeness (QED) is 0.328. The van der Waals surface area contributed by atoms with E-state index in [2.05, 4.69) is 6.07 Å². The molecule has 1 heterocycles. The molecule has 190 valence electrons. The summed E-state index contributed by atoms with van der Waals surface area (Å²) in [4.78, 5) is 25.0. The van der Waals surface area contributed by atoms with E-state index in [1.807, 2.05) is 80.6 Å². The lowest BCUT2D eigenvalue weighted by molar-refractivity contribution is -0.141. The van der Waals surface area contributed by atoms with Crippen molar-refractivity contribution in [3.8, 4) is 11.1 Å². The Morgan fingerprint density at radius 2 is 1.76 bits per heavy atom. The average Bonchev–Trinajstić information content (AvgIpc) is 3.42. The topological polar surface area (TPSA) is 72.8 Å². The van der Waals surface area contributed by atoms with Crippen molar-refractivity contribution in [3.05, 3.63) is 108 Å². The van der Waals surface area contributed by atoms with Gasteiger partial charge in [-0.15, -0.1) is 0 Å². The molecule has 3 aromatic rings. The van der Waals surface area contributed by atoms with Gasteiger partial charge in [0.15, 0.2) is 0 Å². The summed E-state index contributed by atoms with van der Waals surface area (Å²) in [6.07, 6.45) is 3.04. The number of aliphatic hydroxyl groups excluding tert-OH is 1. The monoisotopic (exact) mass is 496 g/mol. The van der Waals surface area contributed by atoms with Gasteiger partial charge in [-0.25, -0.2) is 4.79 Å². The minimum atomic E-state index is -0.708. The number of hydrogen-bond acceptors (Lipinski definition) is 5. The summed E-state index contributed by atoms with van der Waals surface area (Å²) in [5, 5.41) is 10.9. The third kappa shape index (κ3) is 5.52. The van der Waals surface area contributed by atoms with Gasteiger partial charge in [-0.2, -0.15) is 0 Å². The summed E-state index contributed by atoms with van der Waals surface area (Å²) >= 11 is 0. The van der Waals surface area contributed by atoms with Crippen molar-refractivity contribution >= 4 is 11.9 Å². The number of carbonyl (C=O) groups is 2. The molecule has 1 saturated heterocycles. The third-order valence-corrected chi connectivity index (χ3v) is 7.65. The van der Waals surface area contributed by atoms with E-state index in [9.17, 15) is 14.7 Å². The maximum Gasteiger partial charge on any atom is 0.338 e. The normalized spacial score (nSPS) is 24.5. The van der Waals surface area contributed by atoms with E-state index in [0.717, 1.165) is 22.3 Å². The molecule has 0 radical (unpaired) electrons. The van der Waals surface area contributed by atoms with Gasteiger partial charge in [-0.05, 0) is 35.7 Å². The first-order valence-corrected chi connectivity index (χ1v) is 12.9. The van der Waals surface area contributed by atoms with Crippen LogP contribution in [0.1, 0.15) is 47.2 Å². The number of aryl methyl sites for hydroxylation is 1. The van der Waals surface area contributed by atoms with Gasteiger partial charge in [0.05, 0.1) is 18.1 Å². The molecule has 3 aromatic carbocycles. The van der Waals surface area contributed by atoms with Crippen molar-refractivity contribution in [1.82, 2.24) is 0 Å². The predicted molar refractivity (Wildman–Crippen MR) is 142 cm³/mol. The van der Waals surface area contributed by atoms with Gasteiger partial charge in [0.1, 0.15) is 12.2 Å². The van der Waals surface area contributed by atoms with Crippen LogP contribution in [0.2, 0.25) is 0 Å². The number of benzene rings is 3. The summed E-state index contributed by atoms with van der Waals surface area (Å²) in [6, 6.07) is 25.5. The summed E-state index contributed by atoms with van der Waals surface area (Å²) < 4.78 is 11.5. The highest BCUT2D eigenvalue weighted by molar-refractivity contribution is 5.90. The van der Waals surface area contributed by atoms with Crippen LogP contribution in [0.25, 0.3) is 11.1 Å². The second kappa shape index (κ2) is 10.7. The Morgan fingerprint density at radius 1 is 1.03 bits per heavy atom. The van der Waals surface area contributed by atoms with Crippen molar-refractivity contribution in [1.29, 1.82) is 0 Å². The van der Waals surface area contributed by atoms with Gasteiger partial charge < -0.3 is 14.6 Å². The SMILES string of the molecule is Cc1cccc([C@@H](C)C(O)/C=C/[C@H]2C(OC(=O)c3ccc(-c4ccccc4)cc3)C[C@@H]3OC(=O)C[C@@H]32)c1. The van der Waals surface area contributed by atoms with Crippen LogP contribution in [0.3, 0.4) is 0 Å². The molecule has 1 saturated carbocycles. The first-order valence-electron chi connectivity index (χ1n) is 12.9. The van der Waals surface area contributed by atoms with Crippen molar-refractivity contribution in [2.24, 2.45) is 11.8 Å². The molecule has 2 aliphatic rings. The highest BCUT2D eigenvalue weighted by atomic mass is 16.6. The summed E-state index contributed by atoms with van der Waals surface area (Å²) in [7, 11) is 0. The van der Waals surface area contributed by atoms with Gasteiger partial charge in [0.2, 0.25) is 0 Å². The molecule has 6 atom stereocenters. The first-order chi connectivity index (χ1) is 17.9. The molecule has 37 heavy (non-hydrogen) atoms. The number of aliphatic hydroxyl groups is 1. The maximum absolute atomic E-state index is 13.0. The molecule has 2 fully saturated rings. The maximum atomic E-state index is 13.0. The largest absolute Gasteiger partial charge is 0.462 e. The van der Waals surface area contributed by atoms with Crippen molar-refractivity contribution in [2.45, 2.75) is 50.9 Å². The van der Waals surface area contributed by atoms with E-state index in [1.54, 1.807) is 18.2 Å². The lowest BCUT2D eigenvalue weighted by Crippen LogP contribution is -2.25. The molecule has 5 nitrogen and oxygen atoms in total. The van der Waals surface area contributed by atoms with Gasteiger partial charge in [0.25, 0.3) is 0 Å². The zero-order valence-electron chi connectivity index (χ0n) is 21.1. The number of rotatable bonds is 7. The molecule has 2 unspecified atom stereocenters. The predicted octanol–water partition coefficient (Wildman–Crippen LogP) is 5.86. The second-order valence-electron chi connectivity index (χ2n) is 10.2. The third-order valence-electron chi connectivity index (χ3n) is 7.65. The Hall–Kier alpha value is -3.70. The van der Waals surface area contributed by atoms with Crippen molar-refractivity contribution in [3.63, 3.8) is 0 Å². The van der Waals surface area contributed by atoms with Gasteiger partial charge in [-0.3, -0.25) is 4.79 Å². The number of hydrogen-bond donors (Lipinski definition) is 1. The molecule has 1 N–H and O–H groups in total. The van der Waals surface area contributed by atoms with Crippen LogP contribution in [0.15, 0.2) is 91.0 Å². The van der Waals surface area contributed by atoms with Crippen molar-refractivity contribution in [2.75, 3.05) is 0 Å². The molecule has 0 aromatic heterocycles. The standard InChI is InChI=1S/C32H32O5/c1-20-7-6-10-25(17-20)21(2)28(33)16-15-26-27-18-31(34)36-30(27)19-29(26)37-32(35)24-13-11-23(12-14-24)22-8-4-3-5-9-22/h3-17,21,26-30,33H,18-19H2,1-2H3/b16-15+/t21-,26-,27-,28?,29?,30+/m1/s1. The average molecular weight is 497 g/mol. The van der Waals surface area contributed by atoms with Crippen molar-refractivity contribution < 1.29 is 24.2 Å². The lowest BCUT2D eigenvalue weighted by atomic mass is 9.89. The van der Waals surface area contributed by atoms with E-state index in [0.29, 0.717) is 18.4 Å². The zero-order chi connectivity index (χ0) is 25.9. The van der Waals surface area contributed by atoms with Gasteiger partial charge in [-0.1, -0.05) is 91.4 Å². The number of ether oxygens (including phenoxy) is 2. The minimum Gasteiger partial charge on any atom is -0.462 e. The molecular weight excluding hydrogens is 464 g/mol. The summed E-state index contributed by atoms with van der Waals surface area (Å²) in [5.74, 6) is -0.989. The number of esters is 2. The fourth-order valence-electron chi connectivity index (χ4n) is 5.48. The number of carbonyl (C=O) groups excluding carboxylic acids is 2. The fourth-order valence-corrected chi connectivity index (χ4v) is 5.48. The minimum absolute atomic E-state index is 0.0662. The van der Waals surface area contributed by atoms with E-state index in [-0.39, 0.29) is 29.8 Å². The van der Waals surface area contributed by atoms with Crippen LogP contribution in [0, 0.1) is 18.8 Å². The number of fused-ring (bicyclic) bond motifs is 1. The Balaban J connectivity index is 1.29. The smallest absolute Gasteiger partial charge is 0.338 e. The first kappa shape index (κ1) is 25.0. The molecular formula is C32H32O5. The van der Waals surface area contributed by atoms with Crippen LogP contribution < -0.4 is 0 Å². The lowest BCUT2D eigenvalue weighted by Gasteiger charge is -2.22. The molecule has 5 rings (SSSR count). The zero-order valence-corrected chi connectivity index (χ0v) is 21.1. The molecule has 1 aliphatic heterocycles. The van der Waals surface area contributed by atoms with E-state index in [1.165, 1.54) is 0 Å². The highest BCUT2D eigenvalue weighted by Crippen LogP contribution is 2.44. The van der Waals surface area contributed by atoms with E-state index < -0.39 is 18.2 Å². The highest BCUT2D eigenvalue weighted by Gasteiger charge is 2.50. The van der Waals surface area contributed by atoms with Crippen LogP contribution in [0.4, 0.5) is 0 Å². The molecule has 0 bridgehead atoms. The molecule has 1 aliphatic carbocycles. The summed E-state index contributed by atoms with van der Waals surface area (Å²) in [5.41, 5.74) is 4.78. The Morgan fingerprint density at radius 3 is 2.49 bits per heavy atom. The van der Waals surface area contributed by atoms with Crippen LogP contribution >= 0.6 is 0 Å². The molecule has 0 amide bonds. The van der Waals surface area contributed by atoms with Crippen LogP contribution in [-0.4, -0.2) is 35.4 Å². The summed E-state index contributed by atoms with van der Waals surface area (Å²) in [6.45, 7) is 4.02. The fraction of sp³-hybridized carbons (Fsp3) is 0.312. The Labute approximate surface area is 217 Å². The van der Waals surface area contributed by atoms with Crippen LogP contribution in [-0.2, 0) is 14.3 Å². The Bertz CT molecular complexity index is 1280.